The van der Waals surface area contributed by atoms with Crippen LogP contribution < -0.4 is 0 Å². The van der Waals surface area contributed by atoms with E-state index in [0.29, 0.717) is 17.7 Å². The van der Waals surface area contributed by atoms with Crippen LogP contribution in [0, 0.1) is 5.82 Å². The second-order valence-electron chi connectivity index (χ2n) is 10.6. The molecule has 1 amide bonds. The smallest absolute Gasteiger partial charge is 0.295 e. The van der Waals surface area contributed by atoms with Gasteiger partial charge in [0, 0.05) is 16.6 Å². The zero-order valence-electron chi connectivity index (χ0n) is 23.3. The maximum atomic E-state index is 13.7. The van der Waals surface area contributed by atoms with E-state index in [9.17, 15) is 19.1 Å². The minimum Gasteiger partial charge on any atom is -0.507 e. The van der Waals surface area contributed by atoms with E-state index in [1.165, 1.54) is 82.8 Å². The van der Waals surface area contributed by atoms with E-state index < -0.39 is 23.5 Å². The molecule has 1 N–H and O–H groups in total. The van der Waals surface area contributed by atoms with Crippen molar-refractivity contribution in [1.29, 1.82) is 0 Å². The summed E-state index contributed by atoms with van der Waals surface area (Å²) >= 11 is 3.38. The number of ketones is 1. The van der Waals surface area contributed by atoms with Crippen LogP contribution >= 0.6 is 15.9 Å². The molecule has 4 nitrogen and oxygen atoms in total. The molecule has 1 aliphatic rings. The summed E-state index contributed by atoms with van der Waals surface area (Å²) in [6.07, 6.45) is 17.4. The highest BCUT2D eigenvalue weighted by atomic mass is 79.9. The average Bonchev–Trinajstić information content (AvgIpc) is 3.18. The largest absolute Gasteiger partial charge is 0.507 e. The van der Waals surface area contributed by atoms with Gasteiger partial charge in [-0.1, -0.05) is 131 Å². The predicted octanol–water partition coefficient (Wildman–Crippen LogP) is 9.49. The summed E-state index contributed by atoms with van der Waals surface area (Å²) < 4.78 is 14.5. The highest BCUT2D eigenvalue weighted by Gasteiger charge is 2.45. The third-order valence-corrected chi connectivity index (χ3v) is 8.12. The topological polar surface area (TPSA) is 57.6 Å². The Morgan fingerprint density at radius 2 is 1.26 bits per heavy atom. The Labute approximate surface area is 241 Å². The van der Waals surface area contributed by atoms with Crippen molar-refractivity contribution in [2.24, 2.45) is 0 Å². The fourth-order valence-corrected chi connectivity index (χ4v) is 5.61. The van der Waals surface area contributed by atoms with Crippen LogP contribution in [0.15, 0.2) is 58.6 Å². The number of carbonyl (C=O) groups excluding carboxylic acids is 2. The molecule has 1 atom stereocenters. The van der Waals surface area contributed by atoms with Crippen molar-refractivity contribution in [2.75, 3.05) is 6.54 Å². The third kappa shape index (κ3) is 9.30. The molecule has 1 saturated heterocycles. The summed E-state index contributed by atoms with van der Waals surface area (Å²) in [7, 11) is 0. The monoisotopic (exact) mass is 599 g/mol. The lowest BCUT2D eigenvalue weighted by atomic mass is 9.95. The minimum atomic E-state index is -0.740. The molecule has 3 rings (SSSR count). The lowest BCUT2D eigenvalue weighted by molar-refractivity contribution is -0.139. The highest BCUT2D eigenvalue weighted by Crippen LogP contribution is 2.39. The molecular weight excluding hydrogens is 557 g/mol. The number of rotatable bonds is 17. The van der Waals surface area contributed by atoms with Crippen LogP contribution in [0.3, 0.4) is 0 Å². The number of aliphatic hydroxyl groups is 1. The fraction of sp³-hybridized carbons (Fsp3) is 0.515. The number of halogens is 2. The van der Waals surface area contributed by atoms with E-state index in [4.69, 9.17) is 0 Å². The average molecular weight is 601 g/mol. The molecule has 1 aliphatic heterocycles. The quantitative estimate of drug-likeness (QED) is 0.0852. The number of Topliss-reactive ketones (excluding diaryl/α,β-unsaturated/α-hetero) is 1. The SMILES string of the molecule is CCCCCCCCCCCCCCCCN1C(=O)C(=O)/C(=C(/O)c2ccc(Br)cc2)C1c1ccc(F)cc1. The van der Waals surface area contributed by atoms with Gasteiger partial charge in [0.25, 0.3) is 11.7 Å². The second kappa shape index (κ2) is 16.6. The molecule has 2 aromatic rings. The summed E-state index contributed by atoms with van der Waals surface area (Å²) in [5.74, 6) is -1.91. The fourth-order valence-electron chi connectivity index (χ4n) is 5.34. The van der Waals surface area contributed by atoms with Crippen molar-refractivity contribution in [1.82, 2.24) is 4.90 Å². The number of unbranched alkanes of at least 4 members (excludes halogenated alkanes) is 13. The van der Waals surface area contributed by atoms with Gasteiger partial charge in [0.15, 0.2) is 0 Å². The first-order valence-corrected chi connectivity index (χ1v) is 15.5. The molecule has 1 heterocycles. The summed E-state index contributed by atoms with van der Waals surface area (Å²) in [5.41, 5.74) is 1.12. The lowest BCUT2D eigenvalue weighted by Crippen LogP contribution is -2.30. The Hall–Kier alpha value is -2.47. The normalized spacial score (nSPS) is 16.8. The first kappa shape index (κ1) is 31.1. The van der Waals surface area contributed by atoms with Gasteiger partial charge in [-0.3, -0.25) is 9.59 Å². The maximum absolute atomic E-state index is 13.7. The lowest BCUT2D eigenvalue weighted by Gasteiger charge is -2.25. The number of benzene rings is 2. The van der Waals surface area contributed by atoms with E-state index in [1.54, 1.807) is 41.3 Å². The Morgan fingerprint density at radius 3 is 1.77 bits per heavy atom. The van der Waals surface area contributed by atoms with E-state index in [1.807, 2.05) is 0 Å². The summed E-state index contributed by atoms with van der Waals surface area (Å²) in [4.78, 5) is 27.7. The Bertz CT molecular complexity index is 1080. The molecule has 0 bridgehead atoms. The van der Waals surface area contributed by atoms with E-state index >= 15 is 0 Å². The van der Waals surface area contributed by atoms with Gasteiger partial charge in [-0.25, -0.2) is 4.39 Å². The van der Waals surface area contributed by atoms with Gasteiger partial charge >= 0.3 is 0 Å². The minimum absolute atomic E-state index is 0.0549. The van der Waals surface area contributed by atoms with Gasteiger partial charge in [0.05, 0.1) is 11.6 Å². The molecule has 0 saturated carbocycles. The first-order chi connectivity index (χ1) is 18.9. The van der Waals surface area contributed by atoms with Gasteiger partial charge in [0.1, 0.15) is 11.6 Å². The van der Waals surface area contributed by atoms with Gasteiger partial charge in [-0.15, -0.1) is 0 Å². The van der Waals surface area contributed by atoms with Gasteiger partial charge in [0.2, 0.25) is 0 Å². The van der Waals surface area contributed by atoms with Gasteiger partial charge in [-0.05, 0) is 36.2 Å². The molecule has 0 radical (unpaired) electrons. The van der Waals surface area contributed by atoms with Crippen molar-refractivity contribution in [3.05, 3.63) is 75.5 Å². The molecular formula is C33H43BrFNO3. The number of likely N-dealkylation sites (tertiary alicyclic amines) is 1. The van der Waals surface area contributed by atoms with Crippen molar-refractivity contribution in [3.8, 4) is 0 Å². The Kier molecular flexibility index (Phi) is 13.2. The molecule has 1 fully saturated rings. The van der Waals surface area contributed by atoms with Crippen LogP contribution in [0.1, 0.15) is 114 Å². The zero-order chi connectivity index (χ0) is 28.0. The van der Waals surface area contributed by atoms with E-state index in [0.717, 1.165) is 23.7 Å². The standard InChI is InChI=1S/C33H43BrFNO3/c1-2-3-4-5-6-7-8-9-10-11-12-13-14-15-24-36-30(25-18-22-28(35)23-19-25)29(32(38)33(36)39)31(37)26-16-20-27(34)21-17-26/h16-23,30,37H,2-15,24H2,1H3/b31-29+. The van der Waals surface area contributed by atoms with Crippen LogP contribution in [0.5, 0.6) is 0 Å². The van der Waals surface area contributed by atoms with Crippen molar-refractivity contribution in [3.63, 3.8) is 0 Å². The molecule has 6 heteroatoms. The Morgan fingerprint density at radius 1 is 0.769 bits per heavy atom. The van der Waals surface area contributed by atoms with Gasteiger partial charge in [-0.2, -0.15) is 0 Å². The van der Waals surface area contributed by atoms with Crippen molar-refractivity contribution in [2.45, 2.75) is 103 Å². The molecule has 0 aliphatic carbocycles. The summed E-state index contributed by atoms with van der Waals surface area (Å²) in [5, 5.41) is 11.1. The van der Waals surface area contributed by atoms with E-state index in [2.05, 4.69) is 22.9 Å². The van der Waals surface area contributed by atoms with Crippen molar-refractivity contribution < 1.29 is 19.1 Å². The number of aliphatic hydroxyl groups excluding tert-OH is 1. The number of hydrogen-bond donors (Lipinski definition) is 1. The van der Waals surface area contributed by atoms with Crippen LogP contribution in [0.2, 0.25) is 0 Å². The van der Waals surface area contributed by atoms with E-state index in [-0.39, 0.29) is 11.3 Å². The number of nitrogens with zero attached hydrogens (tertiary/aromatic N) is 1. The van der Waals surface area contributed by atoms with Crippen LogP contribution in [-0.4, -0.2) is 28.2 Å². The predicted molar refractivity (Wildman–Crippen MR) is 160 cm³/mol. The molecule has 39 heavy (non-hydrogen) atoms. The van der Waals surface area contributed by atoms with Crippen molar-refractivity contribution >= 4 is 33.4 Å². The third-order valence-electron chi connectivity index (χ3n) is 7.60. The number of hydrogen-bond acceptors (Lipinski definition) is 3. The molecule has 212 valence electrons. The Balaban J connectivity index is 1.52. The highest BCUT2D eigenvalue weighted by molar-refractivity contribution is 9.10. The molecule has 2 aromatic carbocycles. The summed E-state index contributed by atoms with van der Waals surface area (Å²) in [6, 6.07) is 12.0. The van der Waals surface area contributed by atoms with Crippen LogP contribution in [-0.2, 0) is 9.59 Å². The zero-order valence-corrected chi connectivity index (χ0v) is 24.9. The second-order valence-corrected chi connectivity index (χ2v) is 11.6. The first-order valence-electron chi connectivity index (χ1n) is 14.7. The molecule has 0 spiro atoms. The number of carbonyl (C=O) groups is 2. The maximum Gasteiger partial charge on any atom is 0.295 e. The van der Waals surface area contributed by atoms with Crippen LogP contribution in [0.4, 0.5) is 4.39 Å². The number of amides is 1. The van der Waals surface area contributed by atoms with Gasteiger partial charge < -0.3 is 10.0 Å². The van der Waals surface area contributed by atoms with Crippen LogP contribution in [0.25, 0.3) is 5.76 Å². The molecule has 0 aromatic heterocycles. The molecule has 1 unspecified atom stereocenters. The summed E-state index contributed by atoms with van der Waals surface area (Å²) in [6.45, 7) is 2.67.